The molecule has 0 spiro atoms. The van der Waals surface area contributed by atoms with E-state index >= 15 is 0 Å². The van der Waals surface area contributed by atoms with Crippen LogP contribution in [0.15, 0.2) is 30.3 Å². The van der Waals surface area contributed by atoms with Crippen LogP contribution < -0.4 is 10.1 Å². The van der Waals surface area contributed by atoms with Crippen LogP contribution in [0.5, 0.6) is 5.75 Å². The maximum atomic E-state index is 13.7. The molecule has 0 aliphatic rings. The van der Waals surface area contributed by atoms with Crippen LogP contribution in [0.3, 0.4) is 0 Å². The molecule has 0 unspecified atom stereocenters. The van der Waals surface area contributed by atoms with Crippen molar-refractivity contribution in [2.45, 2.75) is 39.5 Å². The third-order valence-corrected chi connectivity index (χ3v) is 4.15. The summed E-state index contributed by atoms with van der Waals surface area (Å²) in [6.45, 7) is 7.56. The Hall–Kier alpha value is -1.10. The number of nitrogens with one attached hydrogen (secondary N) is 1. The van der Waals surface area contributed by atoms with Crippen molar-refractivity contribution in [2.75, 3.05) is 0 Å². The van der Waals surface area contributed by atoms with Crippen LogP contribution in [0, 0.1) is 5.82 Å². The molecule has 1 aromatic heterocycles. The molecule has 0 atom stereocenters. The van der Waals surface area contributed by atoms with E-state index < -0.39 is 5.82 Å². The summed E-state index contributed by atoms with van der Waals surface area (Å²) >= 11 is 7.38. The Balaban J connectivity index is 1.92. The van der Waals surface area contributed by atoms with Crippen LogP contribution >= 0.6 is 22.9 Å². The van der Waals surface area contributed by atoms with Gasteiger partial charge in [0.25, 0.3) is 0 Å². The molecular weight excluding hydrogens is 309 g/mol. The molecule has 2 aromatic rings. The molecule has 1 heterocycles. The number of hydrogen-bond acceptors (Lipinski definition) is 3. The van der Waals surface area contributed by atoms with Gasteiger partial charge in [0.15, 0.2) is 11.6 Å². The summed E-state index contributed by atoms with van der Waals surface area (Å²) in [6, 6.07) is 8.83. The van der Waals surface area contributed by atoms with Crippen molar-refractivity contribution in [1.82, 2.24) is 5.32 Å². The minimum Gasteiger partial charge on any atom is -0.485 e. The van der Waals surface area contributed by atoms with Gasteiger partial charge in [-0.2, -0.15) is 0 Å². The van der Waals surface area contributed by atoms with E-state index in [4.69, 9.17) is 16.3 Å². The van der Waals surface area contributed by atoms with Gasteiger partial charge in [-0.05, 0) is 45.0 Å². The van der Waals surface area contributed by atoms with E-state index in [1.54, 1.807) is 23.5 Å². The monoisotopic (exact) mass is 327 g/mol. The molecule has 0 fully saturated rings. The number of hydrogen-bond donors (Lipinski definition) is 1. The second-order valence-electron chi connectivity index (χ2n) is 5.81. The maximum absolute atomic E-state index is 13.7. The molecule has 0 saturated heterocycles. The van der Waals surface area contributed by atoms with Crippen molar-refractivity contribution < 1.29 is 9.13 Å². The van der Waals surface area contributed by atoms with Crippen molar-refractivity contribution in [2.24, 2.45) is 0 Å². The molecule has 1 N–H and O–H groups in total. The zero-order valence-corrected chi connectivity index (χ0v) is 13.9. The van der Waals surface area contributed by atoms with Crippen LogP contribution in [0.4, 0.5) is 4.39 Å². The van der Waals surface area contributed by atoms with E-state index in [1.165, 1.54) is 10.9 Å². The highest BCUT2D eigenvalue weighted by Crippen LogP contribution is 2.26. The molecule has 2 nitrogen and oxygen atoms in total. The molecule has 0 aliphatic heterocycles. The van der Waals surface area contributed by atoms with Crippen LogP contribution in [0.25, 0.3) is 0 Å². The fourth-order valence-corrected chi connectivity index (χ4v) is 2.73. The summed E-state index contributed by atoms with van der Waals surface area (Å²) in [7, 11) is 0. The Labute approximate surface area is 133 Å². The zero-order chi connectivity index (χ0) is 15.5. The summed E-state index contributed by atoms with van der Waals surface area (Å²) in [6.07, 6.45) is 0. The molecule has 5 heteroatoms. The van der Waals surface area contributed by atoms with Gasteiger partial charge in [0.05, 0.1) is 5.02 Å². The van der Waals surface area contributed by atoms with E-state index in [1.807, 2.05) is 6.07 Å². The van der Waals surface area contributed by atoms with E-state index in [9.17, 15) is 4.39 Å². The molecule has 0 amide bonds. The van der Waals surface area contributed by atoms with Gasteiger partial charge in [0, 0.05) is 21.8 Å². The van der Waals surface area contributed by atoms with Crippen molar-refractivity contribution in [3.8, 4) is 5.75 Å². The Bertz CT molecular complexity index is 607. The molecule has 21 heavy (non-hydrogen) atoms. The SMILES string of the molecule is CC(C)(C)NCc1ccc(COc2cccc(Cl)c2F)s1. The summed E-state index contributed by atoms with van der Waals surface area (Å²) in [4.78, 5) is 2.29. The third-order valence-electron chi connectivity index (χ3n) is 2.80. The fraction of sp³-hybridized carbons (Fsp3) is 0.375. The molecule has 1 aromatic carbocycles. The molecule has 0 saturated carbocycles. The molecule has 0 aliphatic carbocycles. The average Bonchev–Trinajstić information content (AvgIpc) is 2.85. The average molecular weight is 328 g/mol. The van der Waals surface area contributed by atoms with Gasteiger partial charge in [-0.3, -0.25) is 0 Å². The van der Waals surface area contributed by atoms with Crippen molar-refractivity contribution >= 4 is 22.9 Å². The lowest BCUT2D eigenvalue weighted by Crippen LogP contribution is -2.34. The lowest BCUT2D eigenvalue weighted by atomic mass is 10.1. The summed E-state index contributed by atoms with van der Waals surface area (Å²) in [5, 5.41) is 3.51. The highest BCUT2D eigenvalue weighted by atomic mass is 35.5. The number of ether oxygens (including phenoxy) is 1. The Morgan fingerprint density at radius 1 is 1.19 bits per heavy atom. The van der Waals surface area contributed by atoms with Crippen molar-refractivity contribution in [3.63, 3.8) is 0 Å². The van der Waals surface area contributed by atoms with Gasteiger partial charge in [-0.25, -0.2) is 4.39 Å². The first kappa shape index (κ1) is 16.3. The molecular formula is C16H19ClFNOS. The Morgan fingerprint density at radius 2 is 1.90 bits per heavy atom. The number of benzene rings is 1. The largest absolute Gasteiger partial charge is 0.485 e. The number of rotatable bonds is 5. The highest BCUT2D eigenvalue weighted by Gasteiger charge is 2.11. The second kappa shape index (κ2) is 6.77. The lowest BCUT2D eigenvalue weighted by molar-refractivity contribution is 0.293. The van der Waals surface area contributed by atoms with E-state index in [0.29, 0.717) is 6.61 Å². The maximum Gasteiger partial charge on any atom is 0.183 e. The first-order valence-electron chi connectivity index (χ1n) is 6.74. The first-order chi connectivity index (χ1) is 9.85. The van der Waals surface area contributed by atoms with Crippen LogP contribution in [-0.4, -0.2) is 5.54 Å². The Kier molecular flexibility index (Phi) is 5.25. The normalized spacial score (nSPS) is 11.7. The first-order valence-corrected chi connectivity index (χ1v) is 7.94. The minimum atomic E-state index is -0.509. The summed E-state index contributed by atoms with van der Waals surface area (Å²) in [5.74, 6) is -0.324. The van der Waals surface area contributed by atoms with Gasteiger partial charge in [-0.15, -0.1) is 11.3 Å². The molecule has 2 rings (SSSR count). The van der Waals surface area contributed by atoms with Crippen LogP contribution in [0.1, 0.15) is 30.5 Å². The molecule has 0 bridgehead atoms. The highest BCUT2D eigenvalue weighted by molar-refractivity contribution is 7.11. The zero-order valence-electron chi connectivity index (χ0n) is 12.4. The van der Waals surface area contributed by atoms with Crippen molar-refractivity contribution in [3.05, 3.63) is 50.9 Å². The number of thiophene rings is 1. The quantitative estimate of drug-likeness (QED) is 0.833. The molecule has 0 radical (unpaired) electrons. The van der Waals surface area contributed by atoms with E-state index in [2.05, 4.69) is 32.2 Å². The summed E-state index contributed by atoms with van der Waals surface area (Å²) in [5.41, 5.74) is 0.0879. The minimum absolute atomic E-state index is 0.0775. The third kappa shape index (κ3) is 4.99. The van der Waals surface area contributed by atoms with Crippen LogP contribution in [0.2, 0.25) is 5.02 Å². The second-order valence-corrected chi connectivity index (χ2v) is 7.47. The van der Waals surface area contributed by atoms with Gasteiger partial charge < -0.3 is 10.1 Å². The van der Waals surface area contributed by atoms with Gasteiger partial charge in [0.1, 0.15) is 6.61 Å². The van der Waals surface area contributed by atoms with E-state index in [-0.39, 0.29) is 16.3 Å². The molecule has 114 valence electrons. The smallest absolute Gasteiger partial charge is 0.183 e. The lowest BCUT2D eigenvalue weighted by Gasteiger charge is -2.19. The predicted octanol–water partition coefficient (Wildman–Crippen LogP) is 5.01. The van der Waals surface area contributed by atoms with Gasteiger partial charge >= 0.3 is 0 Å². The standard InChI is InChI=1S/C16H19ClFNOS/c1-16(2,3)19-9-11-7-8-12(21-11)10-20-14-6-4-5-13(17)15(14)18/h4-8,19H,9-10H2,1-3H3. The van der Waals surface area contributed by atoms with E-state index in [0.717, 1.165) is 11.4 Å². The van der Waals surface area contributed by atoms with Crippen LogP contribution in [-0.2, 0) is 13.2 Å². The summed E-state index contributed by atoms with van der Waals surface area (Å²) < 4.78 is 19.2. The fourth-order valence-electron chi connectivity index (χ4n) is 1.69. The predicted molar refractivity (Wildman–Crippen MR) is 86.7 cm³/mol. The van der Waals surface area contributed by atoms with Gasteiger partial charge in [-0.1, -0.05) is 17.7 Å². The van der Waals surface area contributed by atoms with Crippen molar-refractivity contribution in [1.29, 1.82) is 0 Å². The van der Waals surface area contributed by atoms with Gasteiger partial charge in [0.2, 0.25) is 0 Å². The Morgan fingerprint density at radius 3 is 2.62 bits per heavy atom. The topological polar surface area (TPSA) is 21.3 Å². The number of halogens is 2.